The molecule has 0 radical (unpaired) electrons. The van der Waals surface area contributed by atoms with Crippen LogP contribution in [0.4, 0.5) is 0 Å². The van der Waals surface area contributed by atoms with Gasteiger partial charge in [-0.25, -0.2) is 0 Å². The number of hydrogen-bond acceptors (Lipinski definition) is 4. The molecular formula is C12H12N2O2S. The van der Waals surface area contributed by atoms with E-state index < -0.39 is 0 Å². The lowest BCUT2D eigenvalue weighted by atomic mass is 10.1. The van der Waals surface area contributed by atoms with E-state index in [0.29, 0.717) is 11.5 Å². The van der Waals surface area contributed by atoms with Crippen LogP contribution in [0.15, 0.2) is 23.8 Å². The molecule has 0 amide bonds. The number of thiocarbonyl (C=S) groups is 1. The molecule has 0 aliphatic heterocycles. The summed E-state index contributed by atoms with van der Waals surface area (Å²) >= 11 is 4.76. The van der Waals surface area contributed by atoms with Crippen molar-refractivity contribution < 1.29 is 9.47 Å². The molecule has 0 fully saturated rings. The topological polar surface area (TPSA) is 68.3 Å². The van der Waals surface area contributed by atoms with Gasteiger partial charge < -0.3 is 15.2 Å². The van der Waals surface area contributed by atoms with Crippen LogP contribution in [-0.4, -0.2) is 19.2 Å². The lowest BCUT2D eigenvalue weighted by molar-refractivity contribution is 0.355. The highest BCUT2D eigenvalue weighted by molar-refractivity contribution is 7.80. The Balaban J connectivity index is 3.17. The average molecular weight is 248 g/mol. The molecule has 0 atom stereocenters. The Hall–Kier alpha value is -2.06. The average Bonchev–Trinajstić information content (AvgIpc) is 2.35. The van der Waals surface area contributed by atoms with Crippen LogP contribution in [0.3, 0.4) is 0 Å². The van der Waals surface area contributed by atoms with Gasteiger partial charge in [0.25, 0.3) is 0 Å². The second kappa shape index (κ2) is 5.87. The molecule has 88 valence electrons. The molecule has 0 spiro atoms. The summed E-state index contributed by atoms with van der Waals surface area (Å²) in [5, 5.41) is 8.84. The Bertz CT molecular complexity index is 504. The molecule has 1 aromatic rings. The van der Waals surface area contributed by atoms with Gasteiger partial charge in [-0.2, -0.15) is 5.26 Å². The minimum atomic E-state index is 0.0716. The fraction of sp³-hybridized carbons (Fsp3) is 0.167. The van der Waals surface area contributed by atoms with Crippen molar-refractivity contribution >= 4 is 23.3 Å². The predicted octanol–water partition coefficient (Wildman–Crippen LogP) is 1.90. The van der Waals surface area contributed by atoms with Gasteiger partial charge in [0.05, 0.1) is 19.8 Å². The smallest absolute Gasteiger partial charge is 0.161 e. The second-order valence-electron chi connectivity index (χ2n) is 3.15. The lowest BCUT2D eigenvalue weighted by Gasteiger charge is -2.07. The van der Waals surface area contributed by atoms with Crippen molar-refractivity contribution in [3.63, 3.8) is 0 Å². The normalized spacial score (nSPS) is 10.5. The molecule has 0 saturated carbocycles. The zero-order chi connectivity index (χ0) is 12.8. The van der Waals surface area contributed by atoms with Crippen molar-refractivity contribution in [1.29, 1.82) is 5.26 Å². The van der Waals surface area contributed by atoms with Crippen molar-refractivity contribution in [2.75, 3.05) is 14.2 Å². The predicted molar refractivity (Wildman–Crippen MR) is 69.9 cm³/mol. The van der Waals surface area contributed by atoms with E-state index in [1.165, 1.54) is 0 Å². The molecule has 1 rings (SSSR count). The van der Waals surface area contributed by atoms with Crippen molar-refractivity contribution in [2.24, 2.45) is 5.73 Å². The van der Waals surface area contributed by atoms with Gasteiger partial charge in [0.15, 0.2) is 11.5 Å². The summed E-state index contributed by atoms with van der Waals surface area (Å²) in [6, 6.07) is 7.22. The van der Waals surface area contributed by atoms with Crippen LogP contribution >= 0.6 is 12.2 Å². The zero-order valence-electron chi connectivity index (χ0n) is 9.56. The highest BCUT2D eigenvalue weighted by Crippen LogP contribution is 2.28. The summed E-state index contributed by atoms with van der Waals surface area (Å²) in [5.41, 5.74) is 6.43. The number of ether oxygens (including phenoxy) is 2. The molecule has 0 aromatic heterocycles. The molecule has 2 N–H and O–H groups in total. The van der Waals surface area contributed by atoms with Crippen LogP contribution in [0.2, 0.25) is 0 Å². The highest BCUT2D eigenvalue weighted by Gasteiger charge is 2.05. The van der Waals surface area contributed by atoms with E-state index in [4.69, 9.17) is 32.7 Å². The van der Waals surface area contributed by atoms with Gasteiger partial charge in [-0.1, -0.05) is 18.3 Å². The molecule has 0 bridgehead atoms. The SMILES string of the molecule is COc1ccc(C=C(C#N)C(N)=S)cc1OC. The maximum Gasteiger partial charge on any atom is 0.161 e. The quantitative estimate of drug-likeness (QED) is 0.500. The molecule has 1 aromatic carbocycles. The Morgan fingerprint density at radius 3 is 2.47 bits per heavy atom. The Morgan fingerprint density at radius 1 is 1.35 bits per heavy atom. The third kappa shape index (κ3) is 3.20. The van der Waals surface area contributed by atoms with E-state index in [0.717, 1.165) is 5.56 Å². The molecule has 0 saturated heterocycles. The first-order valence-electron chi connectivity index (χ1n) is 4.76. The zero-order valence-corrected chi connectivity index (χ0v) is 10.4. The van der Waals surface area contributed by atoms with Crippen molar-refractivity contribution in [3.05, 3.63) is 29.3 Å². The van der Waals surface area contributed by atoms with Gasteiger partial charge >= 0.3 is 0 Å². The lowest BCUT2D eigenvalue weighted by Crippen LogP contribution is -2.09. The minimum absolute atomic E-state index is 0.0716. The third-order valence-corrected chi connectivity index (χ3v) is 2.32. The van der Waals surface area contributed by atoms with Crippen molar-refractivity contribution in [2.45, 2.75) is 0 Å². The fourth-order valence-electron chi connectivity index (χ4n) is 1.27. The fourth-order valence-corrected chi connectivity index (χ4v) is 1.37. The molecule has 0 heterocycles. The summed E-state index contributed by atoms with van der Waals surface area (Å²) in [6.45, 7) is 0. The van der Waals surface area contributed by atoms with E-state index in [2.05, 4.69) is 0 Å². The monoisotopic (exact) mass is 248 g/mol. The van der Waals surface area contributed by atoms with Crippen LogP contribution in [0.5, 0.6) is 11.5 Å². The van der Waals surface area contributed by atoms with Crippen LogP contribution in [0, 0.1) is 11.3 Å². The number of nitrogens with two attached hydrogens (primary N) is 1. The van der Waals surface area contributed by atoms with E-state index in [1.54, 1.807) is 38.5 Å². The third-order valence-electron chi connectivity index (χ3n) is 2.10. The number of nitrogens with zero attached hydrogens (tertiary/aromatic N) is 1. The first kappa shape index (κ1) is 13.0. The summed E-state index contributed by atoms with van der Waals surface area (Å²) in [6.07, 6.45) is 1.60. The van der Waals surface area contributed by atoms with Crippen LogP contribution in [-0.2, 0) is 0 Å². The number of nitriles is 1. The first-order valence-corrected chi connectivity index (χ1v) is 5.16. The van der Waals surface area contributed by atoms with Gasteiger partial charge in [0.2, 0.25) is 0 Å². The van der Waals surface area contributed by atoms with Crippen LogP contribution < -0.4 is 15.2 Å². The Labute approximate surface area is 105 Å². The van der Waals surface area contributed by atoms with Gasteiger partial charge in [0.1, 0.15) is 11.1 Å². The first-order chi connectivity index (χ1) is 8.12. The van der Waals surface area contributed by atoms with Gasteiger partial charge in [0, 0.05) is 0 Å². The molecule has 17 heavy (non-hydrogen) atoms. The van der Waals surface area contributed by atoms with E-state index in [9.17, 15) is 0 Å². The minimum Gasteiger partial charge on any atom is -0.493 e. The highest BCUT2D eigenvalue weighted by atomic mass is 32.1. The van der Waals surface area contributed by atoms with E-state index >= 15 is 0 Å². The summed E-state index contributed by atoms with van der Waals surface area (Å²) < 4.78 is 10.3. The summed E-state index contributed by atoms with van der Waals surface area (Å²) in [4.78, 5) is 0.0716. The maximum atomic E-state index is 8.84. The summed E-state index contributed by atoms with van der Waals surface area (Å²) in [5.74, 6) is 1.21. The molecular weight excluding hydrogens is 236 g/mol. The molecule has 0 aliphatic carbocycles. The number of methoxy groups -OCH3 is 2. The van der Waals surface area contributed by atoms with Crippen LogP contribution in [0.1, 0.15) is 5.56 Å². The molecule has 0 aliphatic rings. The number of hydrogen-bond donors (Lipinski definition) is 1. The van der Waals surface area contributed by atoms with Gasteiger partial charge in [-0.05, 0) is 23.8 Å². The Kier molecular flexibility index (Phi) is 4.49. The standard InChI is InChI=1S/C12H12N2O2S/c1-15-10-4-3-8(6-11(10)16-2)5-9(7-13)12(14)17/h3-6H,1-2H3,(H2,14,17). The number of rotatable bonds is 4. The molecule has 0 unspecified atom stereocenters. The van der Waals surface area contributed by atoms with Crippen LogP contribution in [0.25, 0.3) is 6.08 Å². The van der Waals surface area contributed by atoms with E-state index in [-0.39, 0.29) is 10.6 Å². The largest absolute Gasteiger partial charge is 0.493 e. The second-order valence-corrected chi connectivity index (χ2v) is 3.59. The maximum absolute atomic E-state index is 8.84. The Morgan fingerprint density at radius 2 is 2.00 bits per heavy atom. The molecule has 5 heteroatoms. The number of benzene rings is 1. The van der Waals surface area contributed by atoms with Crippen molar-refractivity contribution in [3.8, 4) is 17.6 Å². The molecule has 4 nitrogen and oxygen atoms in total. The van der Waals surface area contributed by atoms with Gasteiger partial charge in [-0.3, -0.25) is 0 Å². The summed E-state index contributed by atoms with van der Waals surface area (Å²) in [7, 11) is 3.10. The van der Waals surface area contributed by atoms with Gasteiger partial charge in [-0.15, -0.1) is 0 Å². The van der Waals surface area contributed by atoms with E-state index in [1.807, 2.05) is 6.07 Å². The van der Waals surface area contributed by atoms with Crippen molar-refractivity contribution in [1.82, 2.24) is 0 Å².